The summed E-state index contributed by atoms with van der Waals surface area (Å²) in [5.74, 6) is 0. The third-order valence-electron chi connectivity index (χ3n) is 9.79. The van der Waals surface area contributed by atoms with Crippen molar-refractivity contribution >= 4 is 8.32 Å². The molecule has 212 valence electrons. The monoisotopic (exact) mass is 602 g/mol. The van der Waals surface area contributed by atoms with E-state index in [-0.39, 0.29) is 18.3 Å². The predicted molar refractivity (Wildman–Crippen MR) is 150 cm³/mol. The van der Waals surface area contributed by atoms with Gasteiger partial charge in [-0.15, -0.1) is 0 Å². The maximum atomic E-state index is 8.04. The van der Waals surface area contributed by atoms with Gasteiger partial charge in [-0.3, -0.25) is 0 Å². The third-order valence-corrected chi connectivity index (χ3v) is 25.5. The summed E-state index contributed by atoms with van der Waals surface area (Å²) in [4.78, 5) is 0. The van der Waals surface area contributed by atoms with Crippen molar-refractivity contribution in [2.45, 2.75) is 192 Å². The van der Waals surface area contributed by atoms with Gasteiger partial charge in [-0.1, -0.05) is 0 Å². The molecule has 3 unspecified atom stereocenters. The molecule has 3 saturated carbocycles. The van der Waals surface area contributed by atoms with E-state index in [4.69, 9.17) is 10.9 Å². The van der Waals surface area contributed by atoms with Crippen LogP contribution >= 0.6 is 0 Å². The molecule has 0 aromatic heterocycles. The topological polar surface area (TPSA) is 36.9 Å². The first-order chi connectivity index (χ1) is 17.4. The molecular formula is C30H60O4SiZr. The van der Waals surface area contributed by atoms with Crippen molar-refractivity contribution in [1.82, 2.24) is 0 Å². The van der Waals surface area contributed by atoms with Gasteiger partial charge < -0.3 is 0 Å². The van der Waals surface area contributed by atoms with Crippen LogP contribution in [-0.4, -0.2) is 26.6 Å². The minimum absolute atomic E-state index is 0.115. The Morgan fingerprint density at radius 2 is 0.806 bits per heavy atom. The van der Waals surface area contributed by atoms with Crippen molar-refractivity contribution in [3.8, 4) is 0 Å². The number of hydrogen-bond donors (Lipinski definition) is 0. The summed E-state index contributed by atoms with van der Waals surface area (Å²) in [5.41, 5.74) is 2.28. The van der Waals surface area contributed by atoms with Crippen LogP contribution in [0, 0.1) is 0 Å². The fraction of sp³-hybridized carbons (Fsp3) is 1.00. The number of rotatable bonds is 14. The van der Waals surface area contributed by atoms with Gasteiger partial charge in [-0.25, -0.2) is 0 Å². The van der Waals surface area contributed by atoms with Gasteiger partial charge in [-0.05, 0) is 0 Å². The van der Waals surface area contributed by atoms with E-state index in [9.17, 15) is 0 Å². The molecule has 0 N–H and O–H groups in total. The molecular weight excluding hydrogens is 544 g/mol. The van der Waals surface area contributed by atoms with Crippen LogP contribution in [0.5, 0.6) is 0 Å². The van der Waals surface area contributed by atoms with Crippen molar-refractivity contribution in [3.05, 3.63) is 0 Å². The summed E-state index contributed by atoms with van der Waals surface area (Å²) in [6.45, 7) is 13.3. The van der Waals surface area contributed by atoms with Gasteiger partial charge in [0.2, 0.25) is 0 Å². The Hall–Kier alpha value is 0.940. The van der Waals surface area contributed by atoms with Crippen molar-refractivity contribution in [2.75, 3.05) is 0 Å². The fourth-order valence-electron chi connectivity index (χ4n) is 7.27. The second kappa shape index (κ2) is 15.7. The molecule has 0 radical (unpaired) electrons. The van der Waals surface area contributed by atoms with Crippen LogP contribution in [-0.2, 0) is 33.0 Å². The molecule has 3 atom stereocenters. The van der Waals surface area contributed by atoms with E-state index in [0.717, 1.165) is 35.9 Å². The Morgan fingerprint density at radius 3 is 1.06 bits per heavy atom. The zero-order valence-corrected chi connectivity index (χ0v) is 28.3. The third kappa shape index (κ3) is 8.23. The molecule has 0 aromatic carbocycles. The Labute approximate surface area is 232 Å². The van der Waals surface area contributed by atoms with Gasteiger partial charge in [0.1, 0.15) is 0 Å². The van der Waals surface area contributed by atoms with Crippen LogP contribution in [0.25, 0.3) is 0 Å². The van der Waals surface area contributed by atoms with Crippen LogP contribution in [0.1, 0.15) is 157 Å². The molecule has 3 rings (SSSR count). The van der Waals surface area contributed by atoms with Gasteiger partial charge in [-0.2, -0.15) is 0 Å². The zero-order valence-electron chi connectivity index (χ0n) is 24.8. The molecule has 36 heavy (non-hydrogen) atoms. The van der Waals surface area contributed by atoms with Crippen LogP contribution in [0.3, 0.4) is 0 Å². The van der Waals surface area contributed by atoms with Gasteiger partial charge in [0, 0.05) is 0 Å². The molecule has 6 heteroatoms. The Morgan fingerprint density at radius 1 is 0.528 bits per heavy atom. The molecule has 0 aromatic rings. The summed E-state index contributed by atoms with van der Waals surface area (Å²) in [7, 11) is -2.25. The van der Waals surface area contributed by atoms with Crippen LogP contribution in [0.15, 0.2) is 0 Å². The molecule has 0 saturated heterocycles. The van der Waals surface area contributed by atoms with Crippen molar-refractivity contribution in [2.24, 2.45) is 0 Å². The summed E-state index contributed by atoms with van der Waals surface area (Å²) in [5, 5.41) is 0. The second-order valence-electron chi connectivity index (χ2n) is 12.5. The molecule has 3 aliphatic rings. The Bertz CT molecular complexity index is 525. The average Bonchev–Trinajstić information content (AvgIpc) is 2.93. The zero-order chi connectivity index (χ0) is 26.0. The molecule has 0 heterocycles. The predicted octanol–water partition coefficient (Wildman–Crippen LogP) is 10.2. The Kier molecular flexibility index (Phi) is 13.7. The quantitative estimate of drug-likeness (QED) is 0.185. The first kappa shape index (κ1) is 31.5. The first-order valence-electron chi connectivity index (χ1n) is 16.1. The van der Waals surface area contributed by atoms with Crippen LogP contribution in [0.2, 0.25) is 16.6 Å². The standard InChI is InChI=1S/C18H33OSi.3C4H9O.Zr/c19-20(16-10-4-1-5-11-16,17-12-6-2-7-13-17)18-14-8-3-9-15-18;3*1-3-4(2)5;/h16-18H,1-15H2;3*4H,3H2,1-2H3;/q4*-1;+4. The molecule has 4 nitrogen and oxygen atoms in total. The SMILES string of the molecule is CCC(C)[O][Zr]([O]C(C)CC)([O]C(C)CC)[O][Si](C1CCCCC1)(C1CCCCC1)C1CCCCC1. The van der Waals surface area contributed by atoms with Gasteiger partial charge >= 0.3 is 233 Å². The average molecular weight is 604 g/mol. The molecule has 3 fully saturated rings. The molecule has 0 amide bonds. The van der Waals surface area contributed by atoms with E-state index in [2.05, 4.69) is 41.5 Å². The van der Waals surface area contributed by atoms with E-state index < -0.39 is 30.3 Å². The van der Waals surface area contributed by atoms with E-state index in [1.807, 2.05) is 0 Å². The fourth-order valence-corrected chi connectivity index (χ4v) is 27.5. The van der Waals surface area contributed by atoms with Gasteiger partial charge in [0.15, 0.2) is 0 Å². The van der Waals surface area contributed by atoms with Crippen molar-refractivity contribution < 1.29 is 33.0 Å². The van der Waals surface area contributed by atoms with Gasteiger partial charge in [0.05, 0.1) is 0 Å². The van der Waals surface area contributed by atoms with Crippen LogP contribution < -0.4 is 0 Å². The van der Waals surface area contributed by atoms with E-state index in [0.29, 0.717) is 0 Å². The number of hydrogen-bond acceptors (Lipinski definition) is 4. The molecule has 3 aliphatic carbocycles. The summed E-state index contributed by atoms with van der Waals surface area (Å²) in [6, 6.07) is 0. The Balaban J connectivity index is 2.13. The summed E-state index contributed by atoms with van der Waals surface area (Å²) in [6.07, 6.45) is 24.0. The van der Waals surface area contributed by atoms with E-state index in [1.54, 1.807) is 0 Å². The van der Waals surface area contributed by atoms with Crippen molar-refractivity contribution in [1.29, 1.82) is 0 Å². The second-order valence-corrected chi connectivity index (χ2v) is 22.5. The molecule has 0 spiro atoms. The molecule has 0 bridgehead atoms. The summed E-state index contributed by atoms with van der Waals surface area (Å²) >= 11 is -4.40. The van der Waals surface area contributed by atoms with E-state index >= 15 is 0 Å². The minimum atomic E-state index is -4.40. The van der Waals surface area contributed by atoms with E-state index in [1.165, 1.54) is 96.3 Å². The molecule has 0 aliphatic heterocycles. The normalized spacial score (nSPS) is 25.8. The van der Waals surface area contributed by atoms with Crippen LogP contribution in [0.4, 0.5) is 0 Å². The maximum absolute atomic E-state index is 8.04. The summed E-state index contributed by atoms with van der Waals surface area (Å²) < 4.78 is 29.2. The first-order valence-corrected chi connectivity index (χ1v) is 22.3. The van der Waals surface area contributed by atoms with Crippen molar-refractivity contribution in [3.63, 3.8) is 0 Å². The van der Waals surface area contributed by atoms with Gasteiger partial charge in [0.25, 0.3) is 0 Å².